The zero-order valence-electron chi connectivity index (χ0n) is 11.7. The largest absolute Gasteiger partial charge is 0.480 e. The summed E-state index contributed by atoms with van der Waals surface area (Å²) in [5, 5.41) is 15.0. The predicted octanol–water partition coefficient (Wildman–Crippen LogP) is 1.99. The number of nitrogens with one attached hydrogen (secondary N) is 1. The molecule has 1 aliphatic heterocycles. The van der Waals surface area contributed by atoms with Gasteiger partial charge in [-0.2, -0.15) is 0 Å². The molecule has 2 N–H and O–H groups in total. The number of carbonyl (C=O) groups is 2. The Morgan fingerprint density at radius 1 is 1.55 bits per heavy atom. The molecule has 7 heteroatoms. The summed E-state index contributed by atoms with van der Waals surface area (Å²) in [7, 11) is 0. The van der Waals surface area contributed by atoms with E-state index in [2.05, 4.69) is 10.3 Å². The molecule has 20 heavy (non-hydrogen) atoms. The Labute approximate surface area is 121 Å². The molecule has 0 saturated carbocycles. The van der Waals surface area contributed by atoms with Gasteiger partial charge in [-0.05, 0) is 33.1 Å². The Kier molecular flexibility index (Phi) is 4.27. The van der Waals surface area contributed by atoms with Crippen LogP contribution in [-0.2, 0) is 11.3 Å². The van der Waals surface area contributed by atoms with E-state index in [-0.39, 0.29) is 6.03 Å². The molecule has 1 fully saturated rings. The lowest BCUT2D eigenvalue weighted by Gasteiger charge is -2.41. The molecule has 2 heterocycles. The average molecular weight is 297 g/mol. The summed E-state index contributed by atoms with van der Waals surface area (Å²) in [6, 6.07) is -0.333. The van der Waals surface area contributed by atoms with Crippen LogP contribution in [0.4, 0.5) is 4.79 Å². The standard InChI is InChI=1S/C13H19N3O3S/c1-9-15-10(8-20-9)7-14-12(19)16-6-4-3-5-13(16,2)11(17)18/h8H,3-7H2,1-2H3,(H,14,19)(H,17,18). The highest BCUT2D eigenvalue weighted by Gasteiger charge is 2.43. The van der Waals surface area contributed by atoms with Gasteiger partial charge in [0.05, 0.1) is 17.2 Å². The smallest absolute Gasteiger partial charge is 0.329 e. The molecule has 6 nitrogen and oxygen atoms in total. The molecule has 1 atom stereocenters. The number of carbonyl (C=O) groups excluding carboxylic acids is 1. The van der Waals surface area contributed by atoms with Crippen molar-refractivity contribution in [2.75, 3.05) is 6.54 Å². The lowest BCUT2D eigenvalue weighted by Crippen LogP contribution is -2.59. The van der Waals surface area contributed by atoms with Crippen molar-refractivity contribution in [1.29, 1.82) is 0 Å². The zero-order valence-corrected chi connectivity index (χ0v) is 12.5. The maximum Gasteiger partial charge on any atom is 0.329 e. The lowest BCUT2D eigenvalue weighted by atomic mass is 9.89. The number of piperidine rings is 1. The molecule has 1 saturated heterocycles. The van der Waals surface area contributed by atoms with Crippen molar-refractivity contribution >= 4 is 23.3 Å². The van der Waals surface area contributed by atoms with Gasteiger partial charge in [-0.1, -0.05) is 0 Å². The molecule has 2 rings (SSSR count). The molecular formula is C13H19N3O3S. The number of rotatable bonds is 3. The number of thiazole rings is 1. The number of aliphatic carboxylic acids is 1. The first-order valence-corrected chi connectivity index (χ1v) is 7.51. The van der Waals surface area contributed by atoms with Gasteiger partial charge in [-0.25, -0.2) is 14.6 Å². The molecule has 1 aliphatic rings. The van der Waals surface area contributed by atoms with E-state index in [9.17, 15) is 14.7 Å². The Hall–Kier alpha value is -1.63. The molecule has 1 aromatic heterocycles. The number of aromatic nitrogens is 1. The van der Waals surface area contributed by atoms with Crippen LogP contribution in [0.5, 0.6) is 0 Å². The monoisotopic (exact) mass is 297 g/mol. The van der Waals surface area contributed by atoms with Gasteiger partial charge in [0.25, 0.3) is 0 Å². The van der Waals surface area contributed by atoms with Crippen molar-refractivity contribution in [3.05, 3.63) is 16.1 Å². The van der Waals surface area contributed by atoms with Crippen molar-refractivity contribution in [2.45, 2.75) is 45.2 Å². The summed E-state index contributed by atoms with van der Waals surface area (Å²) in [5.41, 5.74) is -0.310. The summed E-state index contributed by atoms with van der Waals surface area (Å²) in [6.07, 6.45) is 2.16. The fourth-order valence-electron chi connectivity index (χ4n) is 2.42. The van der Waals surface area contributed by atoms with Gasteiger partial charge in [0.1, 0.15) is 5.54 Å². The van der Waals surface area contributed by atoms with Gasteiger partial charge < -0.3 is 15.3 Å². The highest BCUT2D eigenvalue weighted by molar-refractivity contribution is 7.09. The molecule has 1 aromatic rings. The third-order valence-electron chi connectivity index (χ3n) is 3.68. The van der Waals surface area contributed by atoms with Crippen molar-refractivity contribution < 1.29 is 14.7 Å². The van der Waals surface area contributed by atoms with Crippen LogP contribution < -0.4 is 5.32 Å². The highest BCUT2D eigenvalue weighted by Crippen LogP contribution is 2.28. The van der Waals surface area contributed by atoms with Crippen molar-refractivity contribution in [3.63, 3.8) is 0 Å². The van der Waals surface area contributed by atoms with Gasteiger partial charge in [-0.3, -0.25) is 0 Å². The van der Waals surface area contributed by atoms with Gasteiger partial charge >= 0.3 is 12.0 Å². The van der Waals surface area contributed by atoms with Crippen LogP contribution in [-0.4, -0.2) is 39.1 Å². The van der Waals surface area contributed by atoms with E-state index in [1.807, 2.05) is 12.3 Å². The third kappa shape index (κ3) is 2.92. The minimum atomic E-state index is -1.11. The van der Waals surface area contributed by atoms with E-state index >= 15 is 0 Å². The molecule has 0 aliphatic carbocycles. The van der Waals surface area contributed by atoms with Crippen LogP contribution in [0.25, 0.3) is 0 Å². The summed E-state index contributed by atoms with van der Waals surface area (Å²) in [4.78, 5) is 29.4. The average Bonchev–Trinajstić information content (AvgIpc) is 2.82. The van der Waals surface area contributed by atoms with E-state index in [1.54, 1.807) is 6.92 Å². The first-order valence-electron chi connectivity index (χ1n) is 6.63. The Morgan fingerprint density at radius 3 is 2.90 bits per heavy atom. The second-order valence-corrected chi connectivity index (χ2v) is 6.27. The lowest BCUT2D eigenvalue weighted by molar-refractivity contribution is -0.150. The molecule has 0 bridgehead atoms. The van der Waals surface area contributed by atoms with Crippen LogP contribution >= 0.6 is 11.3 Å². The normalized spacial score (nSPS) is 22.6. The molecule has 0 spiro atoms. The minimum Gasteiger partial charge on any atom is -0.480 e. The number of aryl methyl sites for hydroxylation is 1. The van der Waals surface area contributed by atoms with Crippen molar-refractivity contribution in [1.82, 2.24) is 15.2 Å². The van der Waals surface area contributed by atoms with Crippen molar-refractivity contribution in [2.24, 2.45) is 0 Å². The highest BCUT2D eigenvalue weighted by atomic mass is 32.1. The SMILES string of the molecule is Cc1nc(CNC(=O)N2CCCCC2(C)C(=O)O)cs1. The molecule has 2 amide bonds. The zero-order chi connectivity index (χ0) is 14.8. The van der Waals surface area contributed by atoms with Gasteiger partial charge in [-0.15, -0.1) is 11.3 Å². The molecule has 110 valence electrons. The first kappa shape index (κ1) is 14.8. The molecule has 1 unspecified atom stereocenters. The second-order valence-electron chi connectivity index (χ2n) is 5.20. The van der Waals surface area contributed by atoms with Crippen LogP contribution in [0.3, 0.4) is 0 Å². The number of urea groups is 1. The van der Waals surface area contributed by atoms with Crippen molar-refractivity contribution in [3.8, 4) is 0 Å². The van der Waals surface area contributed by atoms with E-state index in [4.69, 9.17) is 0 Å². The number of nitrogens with zero attached hydrogens (tertiary/aromatic N) is 2. The molecular weight excluding hydrogens is 278 g/mol. The fourth-order valence-corrected chi connectivity index (χ4v) is 3.03. The Bertz CT molecular complexity index is 517. The fraction of sp³-hybridized carbons (Fsp3) is 0.615. The number of carboxylic acid groups (broad SMARTS) is 1. The van der Waals surface area contributed by atoms with Crippen LogP contribution in [0, 0.1) is 6.92 Å². The quantitative estimate of drug-likeness (QED) is 0.894. The van der Waals surface area contributed by atoms with Gasteiger partial charge in [0.15, 0.2) is 0 Å². The topological polar surface area (TPSA) is 82.5 Å². The van der Waals surface area contributed by atoms with E-state index < -0.39 is 11.5 Å². The minimum absolute atomic E-state index is 0.329. The van der Waals surface area contributed by atoms with E-state index in [1.165, 1.54) is 16.2 Å². The number of likely N-dealkylation sites (tertiary alicyclic amines) is 1. The number of hydrogen-bond donors (Lipinski definition) is 2. The summed E-state index contributed by atoms with van der Waals surface area (Å²) < 4.78 is 0. The Morgan fingerprint density at radius 2 is 2.30 bits per heavy atom. The van der Waals surface area contributed by atoms with Crippen LogP contribution in [0.2, 0.25) is 0 Å². The van der Waals surface area contributed by atoms with Gasteiger partial charge in [0.2, 0.25) is 0 Å². The maximum absolute atomic E-state index is 12.2. The first-order chi connectivity index (χ1) is 9.43. The van der Waals surface area contributed by atoms with Crippen LogP contribution in [0.15, 0.2) is 5.38 Å². The summed E-state index contributed by atoms with van der Waals surface area (Å²) >= 11 is 1.53. The molecule has 0 aromatic carbocycles. The summed E-state index contributed by atoms with van der Waals surface area (Å²) in [6.45, 7) is 4.32. The van der Waals surface area contributed by atoms with Crippen LogP contribution in [0.1, 0.15) is 36.9 Å². The van der Waals surface area contributed by atoms with Gasteiger partial charge in [0, 0.05) is 11.9 Å². The summed E-state index contributed by atoms with van der Waals surface area (Å²) in [5.74, 6) is -0.947. The van der Waals surface area contributed by atoms with E-state index in [0.717, 1.165) is 23.5 Å². The maximum atomic E-state index is 12.2. The number of hydrogen-bond acceptors (Lipinski definition) is 4. The third-order valence-corrected chi connectivity index (χ3v) is 4.51. The number of carboxylic acids is 1. The second kappa shape index (κ2) is 5.78. The van der Waals surface area contributed by atoms with E-state index in [0.29, 0.717) is 19.5 Å². The Balaban J connectivity index is 2.01. The number of amides is 2. The molecule has 0 radical (unpaired) electrons. The predicted molar refractivity (Wildman–Crippen MR) is 75.7 cm³/mol.